The predicted octanol–water partition coefficient (Wildman–Crippen LogP) is 4.06. The van der Waals surface area contributed by atoms with Crippen LogP contribution in [0.2, 0.25) is 0 Å². The summed E-state index contributed by atoms with van der Waals surface area (Å²) in [4.78, 5) is 21.5. The molecule has 6 rings (SSSR count). The maximum absolute atomic E-state index is 4.83. The summed E-state index contributed by atoms with van der Waals surface area (Å²) in [7, 11) is 0. The summed E-state index contributed by atoms with van der Waals surface area (Å²) in [5.74, 6) is 1.41. The molecule has 0 bridgehead atoms. The minimum Gasteiger partial charge on any atom is -0.336 e. The van der Waals surface area contributed by atoms with Crippen LogP contribution in [-0.4, -0.2) is 39.7 Å². The van der Waals surface area contributed by atoms with Gasteiger partial charge in [0.1, 0.15) is 17.5 Å². The van der Waals surface area contributed by atoms with Crippen molar-refractivity contribution in [3.63, 3.8) is 0 Å². The number of rotatable bonds is 3. The van der Waals surface area contributed by atoms with Crippen LogP contribution in [0.5, 0.6) is 0 Å². The molecule has 8 heteroatoms. The van der Waals surface area contributed by atoms with Gasteiger partial charge in [-0.2, -0.15) is 5.10 Å². The number of fused-ring (bicyclic) bond motifs is 2. The number of benzene rings is 1. The van der Waals surface area contributed by atoms with E-state index in [0.717, 1.165) is 50.4 Å². The van der Waals surface area contributed by atoms with E-state index in [-0.39, 0.29) is 0 Å². The highest BCUT2D eigenvalue weighted by Gasteiger charge is 2.16. The fourth-order valence-corrected chi connectivity index (χ4v) is 3.65. The minimum atomic E-state index is 0.681. The van der Waals surface area contributed by atoms with Crippen molar-refractivity contribution in [2.24, 2.45) is 0 Å². The van der Waals surface area contributed by atoms with Gasteiger partial charge in [-0.1, -0.05) is 12.1 Å². The number of aromatic amines is 2. The van der Waals surface area contributed by atoms with Crippen molar-refractivity contribution < 1.29 is 0 Å². The Morgan fingerprint density at radius 3 is 2.73 bits per heavy atom. The van der Waals surface area contributed by atoms with Crippen molar-refractivity contribution in [3.05, 3.63) is 73.1 Å². The number of hydrogen-bond acceptors (Lipinski definition) is 5. The van der Waals surface area contributed by atoms with E-state index in [1.165, 1.54) is 0 Å². The molecule has 5 aromatic heterocycles. The summed E-state index contributed by atoms with van der Waals surface area (Å²) in [6, 6.07) is 13.9. The molecule has 1 aromatic carbocycles. The van der Waals surface area contributed by atoms with Gasteiger partial charge in [-0.3, -0.25) is 14.6 Å². The average molecular weight is 392 g/mol. The molecule has 0 aliphatic carbocycles. The summed E-state index contributed by atoms with van der Waals surface area (Å²) in [5, 5.41) is 8.60. The zero-order valence-corrected chi connectivity index (χ0v) is 16.0. The summed E-state index contributed by atoms with van der Waals surface area (Å²) < 4.78 is 1.88. The molecule has 8 nitrogen and oxygen atoms in total. The number of nitrogens with one attached hydrogen (secondary N) is 2. The van der Waals surface area contributed by atoms with Gasteiger partial charge in [0.2, 0.25) is 0 Å². The molecule has 0 spiro atoms. The second-order valence-corrected chi connectivity index (χ2v) is 7.09. The molecule has 0 saturated carbocycles. The third-order valence-electron chi connectivity index (χ3n) is 5.09. The van der Waals surface area contributed by atoms with E-state index in [1.54, 1.807) is 18.7 Å². The van der Waals surface area contributed by atoms with Crippen molar-refractivity contribution in [1.29, 1.82) is 0 Å². The standard InChI is InChI=1S/C22H16N8/c1-13-11-30(12-25-13)22-20-18(7-9-24-22)26-21(27-20)19-15-10-14(5-6-17(15)28-29-19)16-4-2-3-8-23-16/h2-12H,1H3,(H,26,27)(H,28,29). The number of nitrogens with zero attached hydrogens (tertiary/aromatic N) is 6. The lowest BCUT2D eigenvalue weighted by Gasteiger charge is -2.01. The smallest absolute Gasteiger partial charge is 0.166 e. The zero-order valence-electron chi connectivity index (χ0n) is 16.0. The van der Waals surface area contributed by atoms with Crippen molar-refractivity contribution in [2.45, 2.75) is 6.92 Å². The molecule has 0 atom stereocenters. The first-order valence-electron chi connectivity index (χ1n) is 9.52. The molecule has 144 valence electrons. The summed E-state index contributed by atoms with van der Waals surface area (Å²) in [6.45, 7) is 1.95. The van der Waals surface area contributed by atoms with Crippen LogP contribution in [0, 0.1) is 6.92 Å². The van der Waals surface area contributed by atoms with Crippen LogP contribution >= 0.6 is 0 Å². The van der Waals surface area contributed by atoms with Crippen LogP contribution < -0.4 is 0 Å². The highest BCUT2D eigenvalue weighted by molar-refractivity contribution is 5.96. The van der Waals surface area contributed by atoms with Gasteiger partial charge >= 0.3 is 0 Å². The van der Waals surface area contributed by atoms with Crippen LogP contribution in [0.4, 0.5) is 0 Å². The maximum Gasteiger partial charge on any atom is 0.166 e. The van der Waals surface area contributed by atoms with Gasteiger partial charge < -0.3 is 4.98 Å². The van der Waals surface area contributed by atoms with Gasteiger partial charge in [0, 0.05) is 29.5 Å². The lowest BCUT2D eigenvalue weighted by Crippen LogP contribution is -1.95. The molecule has 5 heterocycles. The lowest BCUT2D eigenvalue weighted by molar-refractivity contribution is 1.00. The third-order valence-corrected chi connectivity index (χ3v) is 5.09. The molecule has 0 aliphatic rings. The minimum absolute atomic E-state index is 0.681. The van der Waals surface area contributed by atoms with Gasteiger partial charge in [0.15, 0.2) is 11.6 Å². The Morgan fingerprint density at radius 2 is 1.90 bits per heavy atom. The Morgan fingerprint density at radius 1 is 0.933 bits per heavy atom. The molecule has 0 amide bonds. The summed E-state index contributed by atoms with van der Waals surface area (Å²) in [5.41, 5.74) is 6.21. The monoisotopic (exact) mass is 392 g/mol. The summed E-state index contributed by atoms with van der Waals surface area (Å²) >= 11 is 0. The first-order valence-corrected chi connectivity index (χ1v) is 9.52. The van der Waals surface area contributed by atoms with Gasteiger partial charge in [-0.25, -0.2) is 15.0 Å². The molecule has 0 unspecified atom stereocenters. The largest absolute Gasteiger partial charge is 0.336 e. The Kier molecular flexibility index (Phi) is 3.51. The fourth-order valence-electron chi connectivity index (χ4n) is 3.65. The van der Waals surface area contributed by atoms with Crippen LogP contribution in [0.15, 0.2) is 67.4 Å². The predicted molar refractivity (Wildman–Crippen MR) is 114 cm³/mol. The van der Waals surface area contributed by atoms with E-state index in [9.17, 15) is 0 Å². The molecule has 6 aromatic rings. The molecular formula is C22H16N8. The van der Waals surface area contributed by atoms with Crippen molar-refractivity contribution in [1.82, 2.24) is 39.7 Å². The first-order chi connectivity index (χ1) is 14.8. The highest BCUT2D eigenvalue weighted by atomic mass is 15.2. The third kappa shape index (κ3) is 2.58. The number of hydrogen-bond donors (Lipinski definition) is 2. The van der Waals surface area contributed by atoms with Gasteiger partial charge in [-0.15, -0.1) is 0 Å². The van der Waals surface area contributed by atoms with Crippen LogP contribution in [0.25, 0.3) is 50.5 Å². The normalized spacial score (nSPS) is 11.5. The number of H-pyrrole nitrogens is 2. The van der Waals surface area contributed by atoms with Gasteiger partial charge in [0.05, 0.1) is 22.4 Å². The molecular weight excluding hydrogens is 376 g/mol. The van der Waals surface area contributed by atoms with Crippen LogP contribution in [0.3, 0.4) is 0 Å². The van der Waals surface area contributed by atoms with E-state index in [4.69, 9.17) is 4.98 Å². The van der Waals surface area contributed by atoms with E-state index >= 15 is 0 Å². The molecule has 0 radical (unpaired) electrons. The average Bonchev–Trinajstić information content (AvgIpc) is 3.51. The molecule has 2 N–H and O–H groups in total. The topological polar surface area (TPSA) is 101 Å². The number of pyridine rings is 2. The molecule has 30 heavy (non-hydrogen) atoms. The van der Waals surface area contributed by atoms with Crippen molar-refractivity contribution in [3.8, 4) is 28.6 Å². The first kappa shape index (κ1) is 16.6. The highest BCUT2D eigenvalue weighted by Crippen LogP contribution is 2.30. The van der Waals surface area contributed by atoms with Gasteiger partial charge in [0.25, 0.3) is 0 Å². The summed E-state index contributed by atoms with van der Waals surface area (Å²) in [6.07, 6.45) is 7.23. The number of aryl methyl sites for hydroxylation is 1. The quantitative estimate of drug-likeness (QED) is 0.473. The second-order valence-electron chi connectivity index (χ2n) is 7.09. The van der Waals surface area contributed by atoms with E-state index in [0.29, 0.717) is 5.82 Å². The Bertz CT molecular complexity index is 1510. The Balaban J connectivity index is 1.52. The fraction of sp³-hybridized carbons (Fsp3) is 0.0455. The van der Waals surface area contributed by atoms with E-state index < -0.39 is 0 Å². The maximum atomic E-state index is 4.83. The SMILES string of the molecule is Cc1cn(-c2nccc3[nH]c(-c4n[nH]c5ccc(-c6ccccn6)cc45)nc23)cn1. The number of aromatic nitrogens is 8. The zero-order chi connectivity index (χ0) is 20.1. The number of imidazole rings is 2. The van der Waals surface area contributed by atoms with Crippen molar-refractivity contribution >= 4 is 21.9 Å². The second kappa shape index (κ2) is 6.35. The molecule has 0 fully saturated rings. The van der Waals surface area contributed by atoms with E-state index in [2.05, 4.69) is 36.2 Å². The van der Waals surface area contributed by atoms with Gasteiger partial charge in [-0.05, 0) is 37.3 Å². The lowest BCUT2D eigenvalue weighted by atomic mass is 10.1. The molecule has 0 aliphatic heterocycles. The van der Waals surface area contributed by atoms with Crippen molar-refractivity contribution in [2.75, 3.05) is 0 Å². The van der Waals surface area contributed by atoms with E-state index in [1.807, 2.05) is 54.1 Å². The van der Waals surface area contributed by atoms with Crippen LogP contribution in [0.1, 0.15) is 5.69 Å². The van der Waals surface area contributed by atoms with Crippen LogP contribution in [-0.2, 0) is 0 Å². The molecule has 0 saturated heterocycles. The Hall–Kier alpha value is -4.33. The Labute approximate surface area is 170 Å².